The molecule has 0 aromatic carbocycles. The van der Waals surface area contributed by atoms with Gasteiger partial charge in [0.05, 0.1) is 19.8 Å². The highest BCUT2D eigenvalue weighted by atomic mass is 16.5. The van der Waals surface area contributed by atoms with E-state index in [-0.39, 0.29) is 6.61 Å². The van der Waals surface area contributed by atoms with Gasteiger partial charge in [0.1, 0.15) is 0 Å². The van der Waals surface area contributed by atoms with Crippen molar-refractivity contribution in [3.8, 4) is 12.3 Å². The zero-order valence-corrected chi connectivity index (χ0v) is 8.09. The summed E-state index contributed by atoms with van der Waals surface area (Å²) in [6.07, 6.45) is 8.17. The summed E-state index contributed by atoms with van der Waals surface area (Å²) in [5.74, 6) is 2.61. The minimum absolute atomic E-state index is 0.0994. The van der Waals surface area contributed by atoms with Crippen LogP contribution >= 0.6 is 0 Å². The minimum Gasteiger partial charge on any atom is -0.394 e. The number of aliphatic hydroxyl groups excluding tert-OH is 1. The third-order valence-electron chi connectivity index (χ3n) is 1.58. The van der Waals surface area contributed by atoms with Crippen molar-refractivity contribution in [1.29, 1.82) is 0 Å². The number of rotatable bonds is 9. The Kier molecular flexibility index (Phi) is 10.9. The molecular formula is C10H19NO2. The van der Waals surface area contributed by atoms with Crippen LogP contribution < -0.4 is 5.32 Å². The van der Waals surface area contributed by atoms with Gasteiger partial charge >= 0.3 is 0 Å². The minimum atomic E-state index is 0.0994. The highest BCUT2D eigenvalue weighted by molar-refractivity contribution is 4.82. The second kappa shape index (κ2) is 11.4. The summed E-state index contributed by atoms with van der Waals surface area (Å²) in [6.45, 7) is 3.02. The van der Waals surface area contributed by atoms with E-state index in [1.165, 1.54) is 0 Å². The van der Waals surface area contributed by atoms with E-state index < -0.39 is 0 Å². The molecule has 13 heavy (non-hydrogen) atoms. The van der Waals surface area contributed by atoms with E-state index >= 15 is 0 Å². The lowest BCUT2D eigenvalue weighted by atomic mass is 10.2. The van der Waals surface area contributed by atoms with Crippen LogP contribution in [0.2, 0.25) is 0 Å². The van der Waals surface area contributed by atoms with Gasteiger partial charge in [-0.1, -0.05) is 0 Å². The maximum atomic E-state index is 8.40. The van der Waals surface area contributed by atoms with Crippen LogP contribution in [0.15, 0.2) is 0 Å². The number of hydrogen-bond acceptors (Lipinski definition) is 3. The van der Waals surface area contributed by atoms with Crippen LogP contribution in [0.25, 0.3) is 0 Å². The molecule has 0 aliphatic heterocycles. The smallest absolute Gasteiger partial charge is 0.0698 e. The molecule has 0 aromatic heterocycles. The lowest BCUT2D eigenvalue weighted by molar-refractivity contribution is 0.0939. The van der Waals surface area contributed by atoms with Crippen molar-refractivity contribution >= 4 is 0 Å². The molecule has 0 aromatic rings. The SMILES string of the molecule is C#CCCCCNCCOCCO. The Bertz CT molecular complexity index is 131. The van der Waals surface area contributed by atoms with Gasteiger partial charge < -0.3 is 15.2 Å². The van der Waals surface area contributed by atoms with Gasteiger partial charge in [0.25, 0.3) is 0 Å². The van der Waals surface area contributed by atoms with Crippen molar-refractivity contribution in [2.75, 3.05) is 32.9 Å². The Hall–Kier alpha value is -0.560. The van der Waals surface area contributed by atoms with Crippen molar-refractivity contribution in [3.63, 3.8) is 0 Å². The maximum Gasteiger partial charge on any atom is 0.0698 e. The lowest BCUT2D eigenvalue weighted by Gasteiger charge is -2.03. The Balaban J connectivity index is 2.80. The second-order valence-corrected chi connectivity index (χ2v) is 2.75. The van der Waals surface area contributed by atoms with Crippen molar-refractivity contribution in [2.24, 2.45) is 0 Å². The molecule has 0 unspecified atom stereocenters. The van der Waals surface area contributed by atoms with E-state index in [1.54, 1.807) is 0 Å². The monoisotopic (exact) mass is 185 g/mol. The molecule has 0 saturated carbocycles. The summed E-state index contributed by atoms with van der Waals surface area (Å²) in [7, 11) is 0. The molecule has 0 atom stereocenters. The molecule has 0 saturated heterocycles. The number of hydrogen-bond donors (Lipinski definition) is 2. The summed E-state index contributed by atoms with van der Waals surface area (Å²) >= 11 is 0. The van der Waals surface area contributed by atoms with Gasteiger partial charge in [-0.25, -0.2) is 0 Å². The fraction of sp³-hybridized carbons (Fsp3) is 0.800. The van der Waals surface area contributed by atoms with Crippen LogP contribution in [0, 0.1) is 12.3 Å². The van der Waals surface area contributed by atoms with Crippen molar-refractivity contribution in [2.45, 2.75) is 19.3 Å². The quantitative estimate of drug-likeness (QED) is 0.403. The molecule has 3 heteroatoms. The number of ether oxygens (including phenoxy) is 1. The number of terminal acetylenes is 1. The average molecular weight is 185 g/mol. The molecule has 0 heterocycles. The third kappa shape index (κ3) is 11.4. The van der Waals surface area contributed by atoms with Crippen molar-refractivity contribution in [1.82, 2.24) is 5.32 Å². The Labute approximate surface area is 80.5 Å². The highest BCUT2D eigenvalue weighted by Gasteiger charge is 1.88. The van der Waals surface area contributed by atoms with Gasteiger partial charge in [0.15, 0.2) is 0 Å². The summed E-state index contributed by atoms with van der Waals surface area (Å²) in [5, 5.41) is 11.6. The van der Waals surface area contributed by atoms with Gasteiger partial charge in [-0.2, -0.15) is 0 Å². The molecule has 0 aliphatic carbocycles. The van der Waals surface area contributed by atoms with Crippen LogP contribution in [0.4, 0.5) is 0 Å². The molecule has 0 amide bonds. The summed E-state index contributed by atoms with van der Waals surface area (Å²) in [4.78, 5) is 0. The van der Waals surface area contributed by atoms with Gasteiger partial charge in [-0.3, -0.25) is 0 Å². The van der Waals surface area contributed by atoms with E-state index in [4.69, 9.17) is 16.3 Å². The molecule has 0 rings (SSSR count). The second-order valence-electron chi connectivity index (χ2n) is 2.75. The molecule has 2 N–H and O–H groups in total. The average Bonchev–Trinajstić information content (AvgIpc) is 2.16. The molecular weight excluding hydrogens is 166 g/mol. The zero-order valence-electron chi connectivity index (χ0n) is 8.09. The fourth-order valence-corrected chi connectivity index (χ4v) is 0.913. The predicted octanol–water partition coefficient (Wildman–Crippen LogP) is 0.388. The van der Waals surface area contributed by atoms with Crippen molar-refractivity contribution in [3.05, 3.63) is 0 Å². The normalized spacial score (nSPS) is 9.85. The Morgan fingerprint density at radius 1 is 1.23 bits per heavy atom. The van der Waals surface area contributed by atoms with Crippen LogP contribution in [-0.4, -0.2) is 38.0 Å². The van der Waals surface area contributed by atoms with E-state index in [0.29, 0.717) is 13.2 Å². The standard InChI is InChI=1S/C10H19NO2/c1-2-3-4-5-6-11-7-9-13-10-8-12/h1,11-12H,3-10H2. The van der Waals surface area contributed by atoms with Gasteiger partial charge in [-0.05, 0) is 19.4 Å². The first kappa shape index (κ1) is 12.4. The molecule has 3 nitrogen and oxygen atoms in total. The van der Waals surface area contributed by atoms with Gasteiger partial charge in [0, 0.05) is 13.0 Å². The molecule has 0 bridgehead atoms. The fourth-order valence-electron chi connectivity index (χ4n) is 0.913. The first-order valence-corrected chi connectivity index (χ1v) is 4.74. The van der Waals surface area contributed by atoms with Gasteiger partial charge in [-0.15, -0.1) is 12.3 Å². The van der Waals surface area contributed by atoms with E-state index in [2.05, 4.69) is 11.2 Å². The van der Waals surface area contributed by atoms with E-state index in [9.17, 15) is 0 Å². The first-order chi connectivity index (χ1) is 6.41. The largest absolute Gasteiger partial charge is 0.394 e. The number of nitrogens with one attached hydrogen (secondary N) is 1. The predicted molar refractivity (Wildman–Crippen MR) is 53.5 cm³/mol. The topological polar surface area (TPSA) is 41.5 Å². The molecule has 76 valence electrons. The van der Waals surface area contributed by atoms with Crippen molar-refractivity contribution < 1.29 is 9.84 Å². The summed E-state index contributed by atoms with van der Waals surface area (Å²) < 4.78 is 5.07. The Morgan fingerprint density at radius 2 is 2.08 bits per heavy atom. The molecule has 0 fully saturated rings. The molecule has 0 aliphatic rings. The lowest BCUT2D eigenvalue weighted by Crippen LogP contribution is -2.21. The summed E-state index contributed by atoms with van der Waals surface area (Å²) in [5.41, 5.74) is 0. The van der Waals surface area contributed by atoms with Crippen LogP contribution in [0.3, 0.4) is 0 Å². The number of unbranched alkanes of at least 4 members (excludes halogenated alkanes) is 2. The highest BCUT2D eigenvalue weighted by Crippen LogP contribution is 1.90. The third-order valence-corrected chi connectivity index (χ3v) is 1.58. The van der Waals surface area contributed by atoms with Gasteiger partial charge in [0.2, 0.25) is 0 Å². The van der Waals surface area contributed by atoms with Crippen LogP contribution in [0.1, 0.15) is 19.3 Å². The van der Waals surface area contributed by atoms with Crippen LogP contribution in [0.5, 0.6) is 0 Å². The summed E-state index contributed by atoms with van der Waals surface area (Å²) in [6, 6.07) is 0. The van der Waals surface area contributed by atoms with Crippen LogP contribution in [-0.2, 0) is 4.74 Å². The zero-order chi connectivity index (χ0) is 9.78. The number of aliphatic hydroxyl groups is 1. The van der Waals surface area contributed by atoms with E-state index in [0.717, 1.165) is 32.4 Å². The maximum absolute atomic E-state index is 8.40. The first-order valence-electron chi connectivity index (χ1n) is 4.74. The molecule has 0 radical (unpaired) electrons. The Morgan fingerprint density at radius 3 is 2.77 bits per heavy atom. The molecule has 0 spiro atoms. The van der Waals surface area contributed by atoms with E-state index in [1.807, 2.05) is 0 Å².